The molecular formula is C7H6IN3O2S. The number of nitrogens with zero attached hydrogens (tertiary/aromatic N) is 2. The first-order valence-electron chi connectivity index (χ1n) is 3.41. The van der Waals surface area contributed by atoms with E-state index in [1.807, 2.05) is 5.38 Å². The van der Waals surface area contributed by atoms with Gasteiger partial charge in [0.05, 0.1) is 13.8 Å². The van der Waals surface area contributed by atoms with Gasteiger partial charge in [-0.25, -0.2) is 9.97 Å². The minimum absolute atomic E-state index is 0.250. The lowest BCUT2D eigenvalue weighted by atomic mass is 10.4. The molecule has 74 valence electrons. The summed E-state index contributed by atoms with van der Waals surface area (Å²) in [6.07, 6.45) is 1.49. The van der Waals surface area contributed by atoms with Crippen molar-refractivity contribution in [1.82, 2.24) is 9.97 Å². The van der Waals surface area contributed by atoms with Crippen molar-refractivity contribution in [3.63, 3.8) is 0 Å². The Hall–Kier alpha value is -0.960. The van der Waals surface area contributed by atoms with E-state index in [1.54, 1.807) is 11.3 Å². The Bertz CT molecular complexity index is 445. The molecule has 3 N–H and O–H groups in total. The average molecular weight is 323 g/mol. The maximum atomic E-state index is 8.36. The molecule has 0 aliphatic carbocycles. The zero-order valence-corrected chi connectivity index (χ0v) is 9.82. The van der Waals surface area contributed by atoms with Crippen LogP contribution >= 0.6 is 33.9 Å². The maximum Gasteiger partial charge on any atom is 0.290 e. The number of nitrogen functional groups attached to an aromatic ring is 1. The van der Waals surface area contributed by atoms with E-state index in [2.05, 4.69) is 32.6 Å². The van der Waals surface area contributed by atoms with Crippen LogP contribution in [0, 0.1) is 3.57 Å². The highest BCUT2D eigenvalue weighted by atomic mass is 127. The van der Waals surface area contributed by atoms with Crippen LogP contribution in [0.15, 0.2) is 11.7 Å². The van der Waals surface area contributed by atoms with Crippen LogP contribution in [0.3, 0.4) is 0 Å². The molecule has 2 aromatic rings. The van der Waals surface area contributed by atoms with Gasteiger partial charge < -0.3 is 10.8 Å². The van der Waals surface area contributed by atoms with E-state index >= 15 is 0 Å². The van der Waals surface area contributed by atoms with Gasteiger partial charge in [0.2, 0.25) is 0 Å². The van der Waals surface area contributed by atoms with Crippen molar-refractivity contribution in [2.45, 2.75) is 0 Å². The molecule has 0 aliphatic heterocycles. The minimum Gasteiger partial charge on any atom is -0.483 e. The van der Waals surface area contributed by atoms with E-state index in [4.69, 9.17) is 15.6 Å². The maximum absolute atomic E-state index is 8.36. The second-order valence-corrected chi connectivity index (χ2v) is 4.17. The molecule has 7 heteroatoms. The highest BCUT2D eigenvalue weighted by Gasteiger charge is 2.04. The molecule has 0 fully saturated rings. The Morgan fingerprint density at radius 3 is 2.79 bits per heavy atom. The van der Waals surface area contributed by atoms with Crippen molar-refractivity contribution in [3.8, 4) is 0 Å². The first kappa shape index (κ1) is 11.1. The van der Waals surface area contributed by atoms with Crippen molar-refractivity contribution in [2.75, 3.05) is 5.73 Å². The van der Waals surface area contributed by atoms with Crippen LogP contribution < -0.4 is 5.73 Å². The third-order valence-electron chi connectivity index (χ3n) is 1.34. The number of carboxylic acid groups (broad SMARTS) is 1. The van der Waals surface area contributed by atoms with Gasteiger partial charge in [0.25, 0.3) is 6.47 Å². The van der Waals surface area contributed by atoms with E-state index in [1.165, 1.54) is 6.33 Å². The average Bonchev–Trinajstić information content (AvgIpc) is 2.51. The summed E-state index contributed by atoms with van der Waals surface area (Å²) in [5.74, 6) is 0.572. The summed E-state index contributed by atoms with van der Waals surface area (Å²) >= 11 is 3.82. The summed E-state index contributed by atoms with van der Waals surface area (Å²) in [5, 5.41) is 8.91. The Labute approximate surface area is 97.1 Å². The number of nitrogens with two attached hydrogens (primary N) is 1. The minimum atomic E-state index is -0.250. The van der Waals surface area contributed by atoms with Crippen LogP contribution in [0.4, 0.5) is 5.82 Å². The predicted molar refractivity (Wildman–Crippen MR) is 63.2 cm³/mol. The van der Waals surface area contributed by atoms with Gasteiger partial charge in [-0.05, 0) is 22.6 Å². The smallest absolute Gasteiger partial charge is 0.290 e. The van der Waals surface area contributed by atoms with Crippen LogP contribution in [-0.4, -0.2) is 21.5 Å². The van der Waals surface area contributed by atoms with E-state index in [0.717, 1.165) is 13.8 Å². The molecule has 0 aromatic carbocycles. The number of thiophene rings is 1. The number of carbonyl (C=O) groups is 1. The summed E-state index contributed by atoms with van der Waals surface area (Å²) in [5.41, 5.74) is 6.59. The van der Waals surface area contributed by atoms with Gasteiger partial charge >= 0.3 is 0 Å². The Kier molecular flexibility index (Phi) is 4.01. The summed E-state index contributed by atoms with van der Waals surface area (Å²) in [7, 11) is 0. The van der Waals surface area contributed by atoms with Crippen LogP contribution in [-0.2, 0) is 4.79 Å². The van der Waals surface area contributed by atoms with E-state index < -0.39 is 0 Å². The van der Waals surface area contributed by atoms with Crippen LogP contribution in [0.5, 0.6) is 0 Å². The van der Waals surface area contributed by atoms with E-state index in [0.29, 0.717) is 5.82 Å². The lowest BCUT2D eigenvalue weighted by molar-refractivity contribution is -0.122. The number of hydrogen-bond acceptors (Lipinski definition) is 5. The summed E-state index contributed by atoms with van der Waals surface area (Å²) in [4.78, 5) is 16.4. The molecule has 0 amide bonds. The zero-order chi connectivity index (χ0) is 10.6. The molecule has 0 aliphatic rings. The second-order valence-electron chi connectivity index (χ2n) is 2.13. The monoisotopic (exact) mass is 323 g/mol. The first-order valence-corrected chi connectivity index (χ1v) is 5.37. The van der Waals surface area contributed by atoms with Gasteiger partial charge in [0.1, 0.15) is 12.1 Å². The molecule has 0 radical (unpaired) electrons. The fraction of sp³-hybridized carbons (Fsp3) is 0. The Morgan fingerprint density at radius 1 is 1.57 bits per heavy atom. The van der Waals surface area contributed by atoms with Gasteiger partial charge in [0, 0.05) is 5.38 Å². The topological polar surface area (TPSA) is 89.1 Å². The second kappa shape index (κ2) is 5.05. The standard InChI is InChI=1S/C6H4IN3S.CH2O2/c7-3-1-11-5-4(3)9-2-10-6(5)8;2-1-3/h1-2H,(H2,8,9,10);1H,(H,2,3). The summed E-state index contributed by atoms with van der Waals surface area (Å²) in [6.45, 7) is -0.250. The normalized spacial score (nSPS) is 9.21. The highest BCUT2D eigenvalue weighted by molar-refractivity contribution is 14.1. The van der Waals surface area contributed by atoms with Crippen LogP contribution in [0.2, 0.25) is 0 Å². The largest absolute Gasteiger partial charge is 0.483 e. The van der Waals surface area contributed by atoms with Crippen molar-refractivity contribution < 1.29 is 9.90 Å². The highest BCUT2D eigenvalue weighted by Crippen LogP contribution is 2.27. The molecule has 0 unspecified atom stereocenters. The van der Waals surface area contributed by atoms with Crippen LogP contribution in [0.1, 0.15) is 0 Å². The SMILES string of the molecule is Nc1ncnc2c(I)csc12.O=CO. The third-order valence-corrected chi connectivity index (χ3v) is 3.57. The molecule has 5 nitrogen and oxygen atoms in total. The molecule has 2 heterocycles. The zero-order valence-electron chi connectivity index (χ0n) is 6.85. The quantitative estimate of drug-likeness (QED) is 0.567. The van der Waals surface area contributed by atoms with Gasteiger partial charge in [-0.15, -0.1) is 11.3 Å². The van der Waals surface area contributed by atoms with Gasteiger partial charge in [-0.1, -0.05) is 0 Å². The third kappa shape index (κ3) is 2.29. The van der Waals surface area contributed by atoms with Gasteiger partial charge in [-0.3, -0.25) is 4.79 Å². The molecule has 0 atom stereocenters. The van der Waals surface area contributed by atoms with E-state index in [-0.39, 0.29) is 6.47 Å². The number of rotatable bonds is 0. The lowest BCUT2D eigenvalue weighted by Crippen LogP contribution is -1.90. The first-order chi connectivity index (χ1) is 6.70. The van der Waals surface area contributed by atoms with Crippen molar-refractivity contribution in [1.29, 1.82) is 0 Å². The number of anilines is 1. The van der Waals surface area contributed by atoms with E-state index in [9.17, 15) is 0 Å². The Balaban J connectivity index is 0.000000293. The number of hydrogen-bond donors (Lipinski definition) is 2. The van der Waals surface area contributed by atoms with Crippen molar-refractivity contribution in [3.05, 3.63) is 15.3 Å². The van der Waals surface area contributed by atoms with Crippen molar-refractivity contribution >= 4 is 56.4 Å². The van der Waals surface area contributed by atoms with Gasteiger partial charge in [0.15, 0.2) is 0 Å². The number of fused-ring (bicyclic) bond motifs is 1. The molecular weight excluding hydrogens is 317 g/mol. The molecule has 14 heavy (non-hydrogen) atoms. The fourth-order valence-corrected chi connectivity index (χ4v) is 2.59. The summed E-state index contributed by atoms with van der Waals surface area (Å²) in [6, 6.07) is 0. The van der Waals surface area contributed by atoms with Gasteiger partial charge in [-0.2, -0.15) is 0 Å². The molecule has 2 rings (SSSR count). The van der Waals surface area contributed by atoms with Crippen LogP contribution in [0.25, 0.3) is 10.2 Å². The Morgan fingerprint density at radius 2 is 2.21 bits per heavy atom. The number of halogens is 1. The predicted octanol–water partition coefficient (Wildman–Crippen LogP) is 1.58. The van der Waals surface area contributed by atoms with Crippen molar-refractivity contribution in [2.24, 2.45) is 0 Å². The summed E-state index contributed by atoms with van der Waals surface area (Å²) < 4.78 is 2.12. The molecule has 0 saturated carbocycles. The molecule has 0 saturated heterocycles. The molecule has 2 aromatic heterocycles. The molecule has 0 bridgehead atoms. The fourth-order valence-electron chi connectivity index (χ4n) is 0.840. The lowest BCUT2D eigenvalue weighted by Gasteiger charge is -1.91. The number of aromatic nitrogens is 2. The molecule has 0 spiro atoms.